The number of nitrogens with one attached hydrogen (secondary N) is 1. The van der Waals surface area contributed by atoms with Gasteiger partial charge in [0.1, 0.15) is 5.01 Å². The molecule has 6 nitrogen and oxygen atoms in total. The number of nitrogens with zero attached hydrogens (tertiary/aromatic N) is 4. The number of carbonyl (C=O) groups is 1. The van der Waals surface area contributed by atoms with E-state index in [0.29, 0.717) is 16.7 Å². The van der Waals surface area contributed by atoms with Crippen LogP contribution in [0, 0.1) is 5.92 Å². The van der Waals surface area contributed by atoms with Gasteiger partial charge in [-0.2, -0.15) is 5.10 Å². The molecule has 24 heavy (non-hydrogen) atoms. The molecule has 0 aliphatic heterocycles. The Morgan fingerprint density at radius 2 is 2.08 bits per heavy atom. The minimum atomic E-state index is -0.224. The van der Waals surface area contributed by atoms with E-state index in [1.807, 2.05) is 13.1 Å². The number of hydrogen-bond donors (Lipinski definition) is 1. The van der Waals surface area contributed by atoms with Crippen molar-refractivity contribution in [3.8, 4) is 0 Å². The van der Waals surface area contributed by atoms with Gasteiger partial charge in [0.2, 0.25) is 5.13 Å². The Bertz CT molecular complexity index is 700. The lowest BCUT2D eigenvalue weighted by Gasteiger charge is -2.19. The van der Waals surface area contributed by atoms with Crippen molar-refractivity contribution in [3.63, 3.8) is 0 Å². The largest absolute Gasteiger partial charge is 0.295 e. The molecule has 2 aromatic rings. The summed E-state index contributed by atoms with van der Waals surface area (Å²) in [6, 6.07) is 1.84. The monoisotopic (exact) mass is 347 g/mol. The van der Waals surface area contributed by atoms with Crippen LogP contribution in [-0.2, 0) is 13.5 Å². The summed E-state index contributed by atoms with van der Waals surface area (Å²) in [4.78, 5) is 12.4. The Balaban J connectivity index is 1.61. The van der Waals surface area contributed by atoms with Gasteiger partial charge in [-0.15, -0.1) is 10.2 Å². The predicted molar refractivity (Wildman–Crippen MR) is 95.4 cm³/mol. The molecule has 1 amide bonds. The number of anilines is 1. The topological polar surface area (TPSA) is 72.7 Å². The molecular formula is C17H25N5OS. The van der Waals surface area contributed by atoms with E-state index in [9.17, 15) is 4.79 Å². The van der Waals surface area contributed by atoms with E-state index < -0.39 is 0 Å². The number of hydrogen-bond acceptors (Lipinski definition) is 5. The lowest BCUT2D eigenvalue weighted by atomic mass is 9.87. The first-order chi connectivity index (χ1) is 11.5. The summed E-state index contributed by atoms with van der Waals surface area (Å²) in [6.07, 6.45) is 7.56. The third-order valence-corrected chi connectivity index (χ3v) is 5.48. The molecule has 0 unspecified atom stereocenters. The van der Waals surface area contributed by atoms with Gasteiger partial charge in [-0.25, -0.2) is 0 Å². The Labute approximate surface area is 146 Å². The Hall–Kier alpha value is -1.76. The van der Waals surface area contributed by atoms with Crippen molar-refractivity contribution in [2.75, 3.05) is 5.32 Å². The summed E-state index contributed by atoms with van der Waals surface area (Å²) in [5, 5.41) is 17.0. The average Bonchev–Trinajstić information content (AvgIpc) is 3.15. The smallest absolute Gasteiger partial charge is 0.277 e. The van der Waals surface area contributed by atoms with Crippen molar-refractivity contribution < 1.29 is 4.79 Å². The molecular weight excluding hydrogens is 322 g/mol. The van der Waals surface area contributed by atoms with Crippen LogP contribution in [0.25, 0.3) is 0 Å². The Kier molecular flexibility index (Phi) is 5.28. The highest BCUT2D eigenvalue weighted by atomic mass is 32.1. The number of aryl methyl sites for hydroxylation is 1. The maximum Gasteiger partial charge on any atom is 0.277 e. The zero-order valence-corrected chi connectivity index (χ0v) is 15.4. The molecule has 1 saturated carbocycles. The maximum absolute atomic E-state index is 12.4. The summed E-state index contributed by atoms with van der Waals surface area (Å²) >= 11 is 1.48. The van der Waals surface area contributed by atoms with Crippen LogP contribution in [-0.4, -0.2) is 25.9 Å². The molecule has 130 valence electrons. The second-order valence-electron chi connectivity index (χ2n) is 6.90. The zero-order chi connectivity index (χ0) is 17.1. The zero-order valence-electron chi connectivity index (χ0n) is 14.6. The molecule has 3 rings (SSSR count). The van der Waals surface area contributed by atoms with Crippen LogP contribution in [0.5, 0.6) is 0 Å². The lowest BCUT2D eigenvalue weighted by molar-refractivity contribution is 0.102. The van der Waals surface area contributed by atoms with E-state index in [-0.39, 0.29) is 5.91 Å². The van der Waals surface area contributed by atoms with Gasteiger partial charge in [-0.3, -0.25) is 14.8 Å². The van der Waals surface area contributed by atoms with Gasteiger partial charge in [0.05, 0.1) is 0 Å². The van der Waals surface area contributed by atoms with Crippen molar-refractivity contribution >= 4 is 22.4 Å². The van der Waals surface area contributed by atoms with Crippen molar-refractivity contribution in [2.24, 2.45) is 13.0 Å². The van der Waals surface area contributed by atoms with E-state index in [1.165, 1.54) is 43.4 Å². The normalized spacial score (nSPS) is 15.8. The van der Waals surface area contributed by atoms with Gasteiger partial charge in [-0.1, -0.05) is 57.3 Å². The minimum absolute atomic E-state index is 0.224. The molecule has 0 radical (unpaired) electrons. The molecule has 0 saturated heterocycles. The van der Waals surface area contributed by atoms with E-state index in [0.717, 1.165) is 23.0 Å². The standard InChI is InChI=1S/C17H25N5OS/c1-11(2)14-10-13(21-22(14)3)16(23)18-17-20-19-15(24-17)9-12-7-5-4-6-8-12/h10-12H,4-9H2,1-3H3,(H,18,20,23). The second kappa shape index (κ2) is 7.42. The highest BCUT2D eigenvalue weighted by molar-refractivity contribution is 7.15. The fourth-order valence-corrected chi connectivity index (χ4v) is 4.17. The fourth-order valence-electron chi connectivity index (χ4n) is 3.32. The van der Waals surface area contributed by atoms with Crippen molar-refractivity contribution in [1.82, 2.24) is 20.0 Å². The van der Waals surface area contributed by atoms with Crippen molar-refractivity contribution in [3.05, 3.63) is 22.5 Å². The number of carbonyl (C=O) groups excluding carboxylic acids is 1. The lowest BCUT2D eigenvalue weighted by Crippen LogP contribution is -2.12. The van der Waals surface area contributed by atoms with Crippen LogP contribution < -0.4 is 5.32 Å². The van der Waals surface area contributed by atoms with E-state index in [4.69, 9.17) is 0 Å². The summed E-state index contributed by atoms with van der Waals surface area (Å²) in [5.41, 5.74) is 1.46. The molecule has 2 heterocycles. The van der Waals surface area contributed by atoms with Gasteiger partial charge < -0.3 is 0 Å². The fraction of sp³-hybridized carbons (Fsp3) is 0.647. The predicted octanol–water partition coefficient (Wildman–Crippen LogP) is 3.77. The Morgan fingerprint density at radius 1 is 1.33 bits per heavy atom. The van der Waals surface area contributed by atoms with E-state index in [1.54, 1.807) is 4.68 Å². The van der Waals surface area contributed by atoms with Crippen LogP contribution >= 0.6 is 11.3 Å². The second-order valence-corrected chi connectivity index (χ2v) is 7.96. The van der Waals surface area contributed by atoms with E-state index >= 15 is 0 Å². The van der Waals surface area contributed by atoms with Crippen molar-refractivity contribution in [2.45, 2.75) is 58.3 Å². The molecule has 1 fully saturated rings. The van der Waals surface area contributed by atoms with E-state index in [2.05, 4.69) is 34.5 Å². The van der Waals surface area contributed by atoms with Crippen molar-refractivity contribution in [1.29, 1.82) is 0 Å². The molecule has 1 aliphatic rings. The number of aromatic nitrogens is 4. The summed E-state index contributed by atoms with van der Waals surface area (Å²) in [6.45, 7) is 4.17. The van der Waals surface area contributed by atoms with Crippen LogP contribution in [0.15, 0.2) is 6.07 Å². The molecule has 2 aromatic heterocycles. The minimum Gasteiger partial charge on any atom is -0.295 e. The van der Waals surface area contributed by atoms with Crippen LogP contribution in [0.4, 0.5) is 5.13 Å². The first-order valence-electron chi connectivity index (χ1n) is 8.70. The van der Waals surface area contributed by atoms with Gasteiger partial charge in [0.15, 0.2) is 5.69 Å². The van der Waals surface area contributed by atoms with Gasteiger partial charge >= 0.3 is 0 Å². The SMILES string of the molecule is CC(C)c1cc(C(=O)Nc2nnc(CC3CCCCC3)s2)nn1C. The maximum atomic E-state index is 12.4. The molecule has 0 spiro atoms. The molecule has 1 aliphatic carbocycles. The molecule has 0 bridgehead atoms. The molecule has 0 atom stereocenters. The number of amides is 1. The summed E-state index contributed by atoms with van der Waals surface area (Å²) in [5.74, 6) is 0.824. The summed E-state index contributed by atoms with van der Waals surface area (Å²) < 4.78 is 1.76. The Morgan fingerprint density at radius 3 is 2.75 bits per heavy atom. The summed E-state index contributed by atoms with van der Waals surface area (Å²) in [7, 11) is 1.86. The van der Waals surface area contributed by atoms with Gasteiger partial charge in [0.25, 0.3) is 5.91 Å². The molecule has 0 aromatic carbocycles. The highest BCUT2D eigenvalue weighted by Gasteiger charge is 2.19. The number of rotatable bonds is 5. The van der Waals surface area contributed by atoms with Crippen LogP contribution in [0.1, 0.15) is 73.1 Å². The molecule has 1 N–H and O–H groups in total. The quantitative estimate of drug-likeness (QED) is 0.893. The average molecular weight is 347 g/mol. The van der Waals surface area contributed by atoms with Gasteiger partial charge in [-0.05, 0) is 17.9 Å². The van der Waals surface area contributed by atoms with Crippen LogP contribution in [0.3, 0.4) is 0 Å². The first kappa shape index (κ1) is 17.1. The molecule has 7 heteroatoms. The highest BCUT2D eigenvalue weighted by Crippen LogP contribution is 2.28. The van der Waals surface area contributed by atoms with Crippen LogP contribution in [0.2, 0.25) is 0 Å². The van der Waals surface area contributed by atoms with Gasteiger partial charge in [0, 0.05) is 19.2 Å². The third-order valence-electron chi connectivity index (χ3n) is 4.62. The third kappa shape index (κ3) is 4.01. The first-order valence-corrected chi connectivity index (χ1v) is 9.52.